The highest BCUT2D eigenvalue weighted by atomic mass is 16.1. The van der Waals surface area contributed by atoms with Gasteiger partial charge in [-0.1, -0.05) is 94.4 Å². The summed E-state index contributed by atoms with van der Waals surface area (Å²) in [5.74, 6) is 0. The van der Waals surface area contributed by atoms with E-state index in [2.05, 4.69) is 19.1 Å². The van der Waals surface area contributed by atoms with Gasteiger partial charge in [-0.15, -0.1) is 0 Å². The molecule has 0 N–H and O–H groups in total. The molecule has 1 nitrogen and oxygen atoms in total. The van der Waals surface area contributed by atoms with E-state index in [0.717, 1.165) is 6.29 Å². The molecule has 1 heteroatoms. The van der Waals surface area contributed by atoms with Crippen LogP contribution < -0.4 is 0 Å². The minimum absolute atomic E-state index is 0.776. The Kier molecular flexibility index (Phi) is 16.4. The van der Waals surface area contributed by atoms with Crippen LogP contribution in [0, 0.1) is 0 Å². The average Bonchev–Trinajstić information content (AvgIpc) is 2.47. The number of hydrogen-bond acceptors (Lipinski definition) is 1. The van der Waals surface area contributed by atoms with Gasteiger partial charge in [-0.25, -0.2) is 0 Å². The first-order valence-electron chi connectivity index (χ1n) is 8.02. The van der Waals surface area contributed by atoms with Gasteiger partial charge in [0.15, 0.2) is 0 Å². The second-order valence-electron chi connectivity index (χ2n) is 4.98. The highest BCUT2D eigenvalue weighted by Crippen LogP contribution is 2.09. The van der Waals surface area contributed by atoms with Crippen molar-refractivity contribution >= 4 is 6.29 Å². The molecule has 0 aromatic carbocycles. The Bertz CT molecular complexity index is 308. The summed E-state index contributed by atoms with van der Waals surface area (Å²) in [5, 5.41) is 0. The van der Waals surface area contributed by atoms with Crippen molar-refractivity contribution in [3.05, 3.63) is 48.6 Å². The van der Waals surface area contributed by atoms with Gasteiger partial charge in [-0.2, -0.15) is 0 Å². The normalized spacial score (nSPS) is 12.4. The lowest BCUT2D eigenvalue weighted by Crippen LogP contribution is -1.79. The predicted molar refractivity (Wildman–Crippen MR) is 89.9 cm³/mol. The van der Waals surface area contributed by atoms with Crippen LogP contribution in [-0.2, 0) is 4.79 Å². The average molecular weight is 274 g/mol. The molecule has 0 spiro atoms. The highest BCUT2D eigenvalue weighted by molar-refractivity contribution is 5.65. The van der Waals surface area contributed by atoms with Gasteiger partial charge in [0.1, 0.15) is 6.29 Å². The van der Waals surface area contributed by atoms with Crippen molar-refractivity contribution in [3.8, 4) is 0 Å². The molecule has 0 unspecified atom stereocenters. The van der Waals surface area contributed by atoms with Crippen LogP contribution in [0.15, 0.2) is 48.6 Å². The summed E-state index contributed by atoms with van der Waals surface area (Å²) in [6.07, 6.45) is 28.2. The molecule has 0 bridgehead atoms. The van der Waals surface area contributed by atoms with Crippen molar-refractivity contribution in [2.45, 2.75) is 64.7 Å². The molecular formula is C19H30O. The first kappa shape index (κ1) is 18.6. The topological polar surface area (TPSA) is 17.1 Å². The third-order valence-electron chi connectivity index (χ3n) is 3.11. The van der Waals surface area contributed by atoms with Crippen LogP contribution in [0.3, 0.4) is 0 Å². The van der Waals surface area contributed by atoms with E-state index in [1.165, 1.54) is 63.9 Å². The molecule has 0 fully saturated rings. The number of unbranched alkanes of at least 4 members (excludes halogenated alkanes) is 8. The Labute approximate surface area is 125 Å². The van der Waals surface area contributed by atoms with Gasteiger partial charge in [0, 0.05) is 0 Å². The summed E-state index contributed by atoms with van der Waals surface area (Å²) in [5.41, 5.74) is 0. The predicted octanol–water partition coefficient (Wildman–Crippen LogP) is 5.94. The fourth-order valence-corrected chi connectivity index (χ4v) is 1.94. The molecule has 0 amide bonds. The Morgan fingerprint density at radius 3 is 1.70 bits per heavy atom. The fourth-order valence-electron chi connectivity index (χ4n) is 1.94. The smallest absolute Gasteiger partial charge is 0.142 e. The van der Waals surface area contributed by atoms with Crippen LogP contribution in [0.4, 0.5) is 0 Å². The third-order valence-corrected chi connectivity index (χ3v) is 3.11. The third kappa shape index (κ3) is 16.6. The number of carbonyl (C=O) groups is 1. The molecule has 0 saturated carbocycles. The van der Waals surface area contributed by atoms with Gasteiger partial charge in [0.05, 0.1) is 0 Å². The van der Waals surface area contributed by atoms with Crippen molar-refractivity contribution in [1.82, 2.24) is 0 Å². The lowest BCUT2D eigenvalue weighted by atomic mass is 10.1. The lowest BCUT2D eigenvalue weighted by molar-refractivity contribution is -0.104. The van der Waals surface area contributed by atoms with E-state index in [1.54, 1.807) is 6.08 Å². The van der Waals surface area contributed by atoms with Crippen LogP contribution >= 0.6 is 0 Å². The second kappa shape index (κ2) is 17.6. The number of hydrogen-bond donors (Lipinski definition) is 0. The first-order valence-corrected chi connectivity index (χ1v) is 8.02. The van der Waals surface area contributed by atoms with Crippen molar-refractivity contribution in [2.75, 3.05) is 0 Å². The maximum atomic E-state index is 10.0. The van der Waals surface area contributed by atoms with Gasteiger partial charge < -0.3 is 0 Å². The Morgan fingerprint density at radius 1 is 0.600 bits per heavy atom. The maximum Gasteiger partial charge on any atom is 0.142 e. The molecule has 20 heavy (non-hydrogen) atoms. The summed E-state index contributed by atoms with van der Waals surface area (Å²) in [4.78, 5) is 10.0. The summed E-state index contributed by atoms with van der Waals surface area (Å²) < 4.78 is 0. The standard InChI is InChI=1S/C19H30O/c1-2-3-4-5-6-7-8-9-10-11-12-13-14-15-16-17-18-19-20/h11-19H,2-10H2,1H3/b12-11+,14-13-,16-15-,18-17+. The molecule has 0 rings (SSSR count). The van der Waals surface area contributed by atoms with Gasteiger partial charge in [-0.05, 0) is 18.9 Å². The Morgan fingerprint density at radius 2 is 1.10 bits per heavy atom. The number of rotatable bonds is 13. The molecule has 0 aromatic rings. The van der Waals surface area contributed by atoms with Crippen LogP contribution in [-0.4, -0.2) is 6.29 Å². The molecule has 0 aromatic heterocycles. The zero-order valence-corrected chi connectivity index (χ0v) is 13.0. The van der Waals surface area contributed by atoms with Gasteiger partial charge in [0.2, 0.25) is 0 Å². The van der Waals surface area contributed by atoms with E-state index in [-0.39, 0.29) is 0 Å². The van der Waals surface area contributed by atoms with Crippen molar-refractivity contribution < 1.29 is 4.79 Å². The van der Waals surface area contributed by atoms with E-state index in [1.807, 2.05) is 24.3 Å². The molecule has 0 aliphatic rings. The van der Waals surface area contributed by atoms with Gasteiger partial charge in [-0.3, -0.25) is 4.79 Å². The quantitative estimate of drug-likeness (QED) is 0.176. The van der Waals surface area contributed by atoms with Crippen LogP contribution in [0.25, 0.3) is 0 Å². The summed E-state index contributed by atoms with van der Waals surface area (Å²) >= 11 is 0. The molecular weight excluding hydrogens is 244 g/mol. The number of aldehydes is 1. The minimum atomic E-state index is 0.776. The zero-order chi connectivity index (χ0) is 14.7. The molecule has 0 aliphatic heterocycles. The first-order chi connectivity index (χ1) is 9.91. The molecule has 112 valence electrons. The van der Waals surface area contributed by atoms with Gasteiger partial charge in [0.25, 0.3) is 0 Å². The van der Waals surface area contributed by atoms with E-state index in [0.29, 0.717) is 0 Å². The van der Waals surface area contributed by atoms with Gasteiger partial charge >= 0.3 is 0 Å². The molecule has 0 atom stereocenters. The minimum Gasteiger partial charge on any atom is -0.299 e. The van der Waals surface area contributed by atoms with E-state index >= 15 is 0 Å². The van der Waals surface area contributed by atoms with Crippen LogP contribution in [0.1, 0.15) is 64.7 Å². The van der Waals surface area contributed by atoms with E-state index < -0.39 is 0 Å². The largest absolute Gasteiger partial charge is 0.299 e. The van der Waals surface area contributed by atoms with Crippen LogP contribution in [0.2, 0.25) is 0 Å². The Balaban J connectivity index is 3.31. The van der Waals surface area contributed by atoms with Crippen molar-refractivity contribution in [1.29, 1.82) is 0 Å². The second-order valence-corrected chi connectivity index (χ2v) is 4.98. The van der Waals surface area contributed by atoms with Crippen LogP contribution in [0.5, 0.6) is 0 Å². The fraction of sp³-hybridized carbons (Fsp3) is 0.526. The molecule has 0 heterocycles. The van der Waals surface area contributed by atoms with Crippen molar-refractivity contribution in [2.24, 2.45) is 0 Å². The van der Waals surface area contributed by atoms with Crippen molar-refractivity contribution in [3.63, 3.8) is 0 Å². The molecule has 0 aliphatic carbocycles. The molecule has 0 saturated heterocycles. The van der Waals surface area contributed by atoms with E-state index in [4.69, 9.17) is 0 Å². The summed E-state index contributed by atoms with van der Waals surface area (Å²) in [7, 11) is 0. The summed E-state index contributed by atoms with van der Waals surface area (Å²) in [6.45, 7) is 2.26. The highest BCUT2D eigenvalue weighted by Gasteiger charge is 1.89. The number of allylic oxidation sites excluding steroid dienone is 8. The van der Waals surface area contributed by atoms with E-state index in [9.17, 15) is 4.79 Å². The Hall–Kier alpha value is -1.37. The number of carbonyl (C=O) groups excluding carboxylic acids is 1. The monoisotopic (exact) mass is 274 g/mol. The maximum absolute atomic E-state index is 10.0. The summed E-state index contributed by atoms with van der Waals surface area (Å²) in [6, 6.07) is 0. The lowest BCUT2D eigenvalue weighted by Gasteiger charge is -1.99. The molecule has 0 radical (unpaired) electrons. The zero-order valence-electron chi connectivity index (χ0n) is 13.0. The SMILES string of the molecule is CCCCCCCCCC/C=C/C=C\C=C/C=C/C=O.